The van der Waals surface area contributed by atoms with Gasteiger partial charge in [-0.05, 0) is 63.1 Å². The minimum atomic E-state index is -3.92. The summed E-state index contributed by atoms with van der Waals surface area (Å²) in [5.41, 5.74) is 1.49. The van der Waals surface area contributed by atoms with E-state index in [9.17, 15) is 13.2 Å². The lowest BCUT2D eigenvalue weighted by atomic mass is 10.2. The van der Waals surface area contributed by atoms with E-state index in [2.05, 4.69) is 0 Å². The van der Waals surface area contributed by atoms with Crippen LogP contribution in [0.2, 0.25) is 0 Å². The molecule has 1 aliphatic carbocycles. The highest BCUT2D eigenvalue weighted by atomic mass is 32.2. The van der Waals surface area contributed by atoms with Crippen molar-refractivity contribution in [3.8, 4) is 5.75 Å². The summed E-state index contributed by atoms with van der Waals surface area (Å²) in [4.78, 5) is 14.8. The topological polar surface area (TPSA) is 66.9 Å². The molecule has 3 rings (SSSR count). The molecule has 1 amide bonds. The maximum atomic E-state index is 13.5. The first kappa shape index (κ1) is 22.2. The Hall–Kier alpha value is -2.54. The number of aryl methyl sites for hydroxylation is 1. The van der Waals surface area contributed by atoms with E-state index in [1.165, 1.54) is 16.4 Å². The number of amides is 1. The molecule has 0 atom stereocenters. The third-order valence-corrected chi connectivity index (χ3v) is 7.38. The average molecular weight is 431 g/mol. The van der Waals surface area contributed by atoms with Crippen molar-refractivity contribution in [2.45, 2.75) is 50.5 Å². The molecule has 0 N–H and O–H groups in total. The van der Waals surface area contributed by atoms with Gasteiger partial charge in [-0.1, -0.05) is 30.5 Å². The Morgan fingerprint density at radius 1 is 1.03 bits per heavy atom. The summed E-state index contributed by atoms with van der Waals surface area (Å²) in [6, 6.07) is 13.7. The second-order valence-electron chi connectivity index (χ2n) is 7.69. The monoisotopic (exact) mass is 430 g/mol. The maximum absolute atomic E-state index is 13.5. The van der Waals surface area contributed by atoms with Crippen molar-refractivity contribution in [3.05, 3.63) is 54.1 Å². The molecule has 0 aliphatic heterocycles. The lowest BCUT2D eigenvalue weighted by molar-refractivity contribution is -0.130. The molecule has 1 saturated carbocycles. The van der Waals surface area contributed by atoms with Crippen LogP contribution >= 0.6 is 0 Å². The summed E-state index contributed by atoms with van der Waals surface area (Å²) >= 11 is 0. The molecule has 2 aromatic carbocycles. The number of hydrogen-bond acceptors (Lipinski definition) is 4. The van der Waals surface area contributed by atoms with Gasteiger partial charge >= 0.3 is 0 Å². The zero-order valence-electron chi connectivity index (χ0n) is 17.9. The summed E-state index contributed by atoms with van der Waals surface area (Å²) in [6.07, 6.45) is 4.15. The lowest BCUT2D eigenvalue weighted by Crippen LogP contribution is -2.44. The number of rotatable bonds is 8. The van der Waals surface area contributed by atoms with E-state index in [4.69, 9.17) is 4.74 Å². The number of carbonyl (C=O) groups excluding carboxylic acids is 1. The molecular formula is C23H30N2O4S. The van der Waals surface area contributed by atoms with Crippen molar-refractivity contribution in [3.63, 3.8) is 0 Å². The number of nitrogens with zero attached hydrogens (tertiary/aromatic N) is 2. The van der Waals surface area contributed by atoms with E-state index in [0.717, 1.165) is 31.2 Å². The van der Waals surface area contributed by atoms with Crippen LogP contribution in [0.4, 0.5) is 5.69 Å². The third kappa shape index (κ3) is 4.95. The fourth-order valence-electron chi connectivity index (χ4n) is 3.76. The second kappa shape index (κ2) is 9.51. The Kier molecular flexibility index (Phi) is 7.02. The highest BCUT2D eigenvalue weighted by Crippen LogP contribution is 2.27. The summed E-state index contributed by atoms with van der Waals surface area (Å²) < 4.78 is 33.6. The lowest BCUT2D eigenvalue weighted by Gasteiger charge is -2.29. The van der Waals surface area contributed by atoms with Crippen LogP contribution in [0.15, 0.2) is 53.4 Å². The predicted molar refractivity (Wildman–Crippen MR) is 118 cm³/mol. The highest BCUT2D eigenvalue weighted by Gasteiger charge is 2.30. The van der Waals surface area contributed by atoms with E-state index >= 15 is 0 Å². The van der Waals surface area contributed by atoms with Gasteiger partial charge < -0.3 is 9.64 Å². The summed E-state index contributed by atoms with van der Waals surface area (Å²) in [5.74, 6) is 0.410. The second-order valence-corrected chi connectivity index (χ2v) is 9.56. The largest absolute Gasteiger partial charge is 0.494 e. The third-order valence-electron chi connectivity index (χ3n) is 5.59. The summed E-state index contributed by atoms with van der Waals surface area (Å²) in [7, 11) is -2.15. The smallest absolute Gasteiger partial charge is 0.264 e. The molecule has 6 nitrogen and oxygen atoms in total. The van der Waals surface area contributed by atoms with E-state index in [-0.39, 0.29) is 23.4 Å². The van der Waals surface area contributed by atoms with Gasteiger partial charge in [0.2, 0.25) is 5.91 Å². The molecule has 0 heterocycles. The Morgan fingerprint density at radius 3 is 2.20 bits per heavy atom. The fraction of sp³-hybridized carbons (Fsp3) is 0.435. The molecule has 162 valence electrons. The summed E-state index contributed by atoms with van der Waals surface area (Å²) in [5, 5.41) is 0. The van der Waals surface area contributed by atoms with Crippen LogP contribution in [0.3, 0.4) is 0 Å². The zero-order valence-corrected chi connectivity index (χ0v) is 18.7. The number of hydrogen-bond donors (Lipinski definition) is 0. The number of anilines is 1. The first-order valence-electron chi connectivity index (χ1n) is 10.4. The van der Waals surface area contributed by atoms with Gasteiger partial charge in [0.25, 0.3) is 10.0 Å². The number of likely N-dealkylation sites (N-methyl/N-ethyl adjacent to an activating group) is 1. The molecule has 0 aromatic heterocycles. The molecule has 0 spiro atoms. The van der Waals surface area contributed by atoms with Gasteiger partial charge in [-0.2, -0.15) is 0 Å². The van der Waals surface area contributed by atoms with Crippen LogP contribution in [0.5, 0.6) is 5.75 Å². The SMILES string of the molecule is CCOc1ccc(S(=O)(=O)N(CC(=O)N(C)C2CCCC2)c2ccc(C)cc2)cc1. The summed E-state index contributed by atoms with van der Waals surface area (Å²) in [6.45, 7) is 4.08. The van der Waals surface area contributed by atoms with Crippen molar-refractivity contribution in [2.75, 3.05) is 24.5 Å². The van der Waals surface area contributed by atoms with Crippen LogP contribution in [0, 0.1) is 6.92 Å². The number of sulfonamides is 1. The molecule has 1 fully saturated rings. The van der Waals surface area contributed by atoms with Crippen LogP contribution in [-0.4, -0.2) is 45.5 Å². The molecule has 30 heavy (non-hydrogen) atoms. The van der Waals surface area contributed by atoms with Crippen molar-refractivity contribution in [1.82, 2.24) is 4.90 Å². The molecule has 0 radical (unpaired) electrons. The van der Waals surface area contributed by atoms with Crippen molar-refractivity contribution in [2.24, 2.45) is 0 Å². The number of carbonyl (C=O) groups is 1. The van der Waals surface area contributed by atoms with E-state index in [0.29, 0.717) is 18.0 Å². The van der Waals surface area contributed by atoms with Crippen molar-refractivity contribution >= 4 is 21.6 Å². The van der Waals surface area contributed by atoms with Crippen LogP contribution < -0.4 is 9.04 Å². The molecule has 0 bridgehead atoms. The Balaban J connectivity index is 1.91. The van der Waals surface area contributed by atoms with Crippen LogP contribution in [0.25, 0.3) is 0 Å². The number of ether oxygens (including phenoxy) is 1. The van der Waals surface area contributed by atoms with Gasteiger partial charge in [-0.15, -0.1) is 0 Å². The Labute approximate surface area is 179 Å². The Bertz CT molecular complexity index is 950. The normalized spacial score (nSPS) is 14.5. The predicted octanol–water partition coefficient (Wildman–Crippen LogP) is 3.99. The van der Waals surface area contributed by atoms with Gasteiger partial charge in [0.15, 0.2) is 0 Å². The average Bonchev–Trinajstić information content (AvgIpc) is 3.27. The van der Waals surface area contributed by atoms with E-state index < -0.39 is 10.0 Å². The maximum Gasteiger partial charge on any atom is 0.264 e. The van der Waals surface area contributed by atoms with E-state index in [1.807, 2.05) is 26.0 Å². The van der Waals surface area contributed by atoms with Gasteiger partial charge in [-0.3, -0.25) is 9.10 Å². The minimum absolute atomic E-state index is 0.128. The van der Waals surface area contributed by atoms with Gasteiger partial charge in [-0.25, -0.2) is 8.42 Å². The first-order chi connectivity index (χ1) is 14.3. The first-order valence-corrected chi connectivity index (χ1v) is 11.8. The molecule has 7 heteroatoms. The quantitative estimate of drug-likeness (QED) is 0.635. The molecule has 2 aromatic rings. The van der Waals surface area contributed by atoms with Crippen LogP contribution in [-0.2, 0) is 14.8 Å². The Morgan fingerprint density at radius 2 is 1.63 bits per heavy atom. The van der Waals surface area contributed by atoms with Crippen molar-refractivity contribution in [1.29, 1.82) is 0 Å². The molecular weight excluding hydrogens is 400 g/mol. The minimum Gasteiger partial charge on any atom is -0.494 e. The molecule has 1 aliphatic rings. The fourth-order valence-corrected chi connectivity index (χ4v) is 5.17. The van der Waals surface area contributed by atoms with Crippen LogP contribution in [0.1, 0.15) is 38.2 Å². The van der Waals surface area contributed by atoms with E-state index in [1.54, 1.807) is 36.2 Å². The standard InChI is InChI=1S/C23H30N2O4S/c1-4-29-21-13-15-22(16-14-21)30(27,28)25(20-11-9-18(2)10-12-20)17-23(26)24(3)19-7-5-6-8-19/h9-16,19H,4-8,17H2,1-3H3. The highest BCUT2D eigenvalue weighted by molar-refractivity contribution is 7.92. The van der Waals surface area contributed by atoms with Gasteiger partial charge in [0.1, 0.15) is 12.3 Å². The molecule has 0 unspecified atom stereocenters. The van der Waals surface area contributed by atoms with Crippen molar-refractivity contribution < 1.29 is 17.9 Å². The zero-order chi connectivity index (χ0) is 21.7. The molecule has 0 saturated heterocycles. The number of benzene rings is 2. The van der Waals surface area contributed by atoms with Gasteiger partial charge in [0.05, 0.1) is 17.2 Å². The van der Waals surface area contributed by atoms with Gasteiger partial charge in [0, 0.05) is 13.1 Å².